The molecule has 0 aliphatic carbocycles. The van der Waals surface area contributed by atoms with Crippen molar-refractivity contribution in [2.75, 3.05) is 18.0 Å². The van der Waals surface area contributed by atoms with Gasteiger partial charge in [-0.1, -0.05) is 6.07 Å². The summed E-state index contributed by atoms with van der Waals surface area (Å²) in [6.45, 7) is 9.65. The van der Waals surface area contributed by atoms with E-state index in [-0.39, 0.29) is 0 Å². The van der Waals surface area contributed by atoms with E-state index in [0.29, 0.717) is 0 Å². The lowest BCUT2D eigenvalue weighted by Crippen LogP contribution is -2.28. The number of aryl methyl sites for hydroxylation is 4. The molecule has 3 heterocycles. The largest absolute Gasteiger partial charge is 0.372 e. The fourth-order valence-corrected chi connectivity index (χ4v) is 4.31. The van der Waals surface area contributed by atoms with Crippen LogP contribution in [0.2, 0.25) is 0 Å². The van der Waals surface area contributed by atoms with Gasteiger partial charge in [0.1, 0.15) is 0 Å². The number of aromatic nitrogens is 4. The molecule has 0 unspecified atom stereocenters. The maximum Gasteiger partial charge on any atom is 0.0951 e. The van der Waals surface area contributed by atoms with Crippen molar-refractivity contribution >= 4 is 5.69 Å². The van der Waals surface area contributed by atoms with Gasteiger partial charge in [-0.3, -0.25) is 4.68 Å². The molecule has 4 rings (SSSR count). The van der Waals surface area contributed by atoms with E-state index in [4.69, 9.17) is 0 Å². The van der Waals surface area contributed by atoms with Crippen LogP contribution >= 0.6 is 0 Å². The Labute approximate surface area is 161 Å². The first-order valence-corrected chi connectivity index (χ1v) is 9.96. The number of hydrogen-bond acceptors (Lipinski definition) is 3. The number of rotatable bonds is 5. The maximum absolute atomic E-state index is 4.54. The summed E-state index contributed by atoms with van der Waals surface area (Å²) in [6, 6.07) is 6.91. The van der Waals surface area contributed by atoms with Crippen LogP contribution in [-0.2, 0) is 26.4 Å². The number of nitrogens with zero attached hydrogens (tertiary/aromatic N) is 5. The van der Waals surface area contributed by atoms with Crippen molar-refractivity contribution < 1.29 is 0 Å². The SMILES string of the molecule is CCN1CCCc2cc(-c3cncn3CCc3c(C)nn(C)c3C)ccc21. The maximum atomic E-state index is 4.54. The third kappa shape index (κ3) is 3.27. The highest BCUT2D eigenvalue weighted by Gasteiger charge is 2.17. The van der Waals surface area contributed by atoms with Gasteiger partial charge in [0.25, 0.3) is 0 Å². The second-order valence-electron chi connectivity index (χ2n) is 7.52. The Morgan fingerprint density at radius 2 is 2.04 bits per heavy atom. The molecule has 5 heteroatoms. The summed E-state index contributed by atoms with van der Waals surface area (Å²) >= 11 is 0. The van der Waals surface area contributed by atoms with E-state index in [0.717, 1.165) is 25.2 Å². The normalized spacial score (nSPS) is 13.9. The highest BCUT2D eigenvalue weighted by molar-refractivity contribution is 5.67. The molecule has 0 amide bonds. The first-order valence-electron chi connectivity index (χ1n) is 9.96. The molecule has 5 nitrogen and oxygen atoms in total. The van der Waals surface area contributed by atoms with Gasteiger partial charge in [0.15, 0.2) is 0 Å². The molecule has 1 aromatic carbocycles. The predicted octanol–water partition coefficient (Wildman–Crippen LogP) is 3.92. The molecule has 0 bridgehead atoms. The molecule has 1 aliphatic rings. The van der Waals surface area contributed by atoms with Crippen molar-refractivity contribution in [3.63, 3.8) is 0 Å². The number of fused-ring (bicyclic) bond motifs is 1. The van der Waals surface area contributed by atoms with E-state index in [1.165, 1.54) is 53.2 Å². The summed E-state index contributed by atoms with van der Waals surface area (Å²) in [4.78, 5) is 6.92. The van der Waals surface area contributed by atoms with Gasteiger partial charge < -0.3 is 9.47 Å². The van der Waals surface area contributed by atoms with Crippen LogP contribution in [0.4, 0.5) is 5.69 Å². The molecule has 0 radical (unpaired) electrons. The zero-order chi connectivity index (χ0) is 19.0. The molecule has 3 aromatic rings. The summed E-state index contributed by atoms with van der Waals surface area (Å²) in [5.74, 6) is 0. The lowest BCUT2D eigenvalue weighted by molar-refractivity contribution is 0.692. The smallest absolute Gasteiger partial charge is 0.0951 e. The Morgan fingerprint density at radius 1 is 1.19 bits per heavy atom. The second-order valence-corrected chi connectivity index (χ2v) is 7.52. The monoisotopic (exact) mass is 363 g/mol. The summed E-state index contributed by atoms with van der Waals surface area (Å²) < 4.78 is 4.25. The third-order valence-electron chi connectivity index (χ3n) is 5.95. The van der Waals surface area contributed by atoms with Gasteiger partial charge >= 0.3 is 0 Å². The first-order chi connectivity index (χ1) is 13.1. The zero-order valence-corrected chi connectivity index (χ0v) is 16.9. The predicted molar refractivity (Wildman–Crippen MR) is 110 cm³/mol. The molecule has 0 N–H and O–H groups in total. The zero-order valence-electron chi connectivity index (χ0n) is 16.9. The fourth-order valence-electron chi connectivity index (χ4n) is 4.31. The van der Waals surface area contributed by atoms with Gasteiger partial charge in [-0.2, -0.15) is 5.10 Å². The number of anilines is 1. The molecule has 0 atom stereocenters. The van der Waals surface area contributed by atoms with Gasteiger partial charge in [0.2, 0.25) is 0 Å². The molecule has 1 aliphatic heterocycles. The van der Waals surface area contributed by atoms with E-state index >= 15 is 0 Å². The minimum Gasteiger partial charge on any atom is -0.372 e. The van der Waals surface area contributed by atoms with Crippen LogP contribution in [0.5, 0.6) is 0 Å². The standard InChI is InChI=1S/C22H29N5/c1-5-26-11-6-7-18-13-19(8-9-21(18)26)22-14-23-15-27(22)12-10-20-16(2)24-25(4)17(20)3/h8-9,13-15H,5-7,10-12H2,1-4H3. The summed E-state index contributed by atoms with van der Waals surface area (Å²) in [7, 11) is 2.02. The molecule has 142 valence electrons. The van der Waals surface area contributed by atoms with Crippen LogP contribution in [0.1, 0.15) is 35.9 Å². The van der Waals surface area contributed by atoms with Crippen molar-refractivity contribution in [1.29, 1.82) is 0 Å². The van der Waals surface area contributed by atoms with Gasteiger partial charge in [-0.05, 0) is 63.3 Å². The Hall–Kier alpha value is -2.56. The molecule has 0 fully saturated rings. The van der Waals surface area contributed by atoms with Gasteiger partial charge in [0, 0.05) is 43.6 Å². The third-order valence-corrected chi connectivity index (χ3v) is 5.95. The average molecular weight is 364 g/mol. The Bertz CT molecular complexity index is 950. The van der Waals surface area contributed by atoms with E-state index in [1.54, 1.807) is 0 Å². The van der Waals surface area contributed by atoms with E-state index in [2.05, 4.69) is 58.5 Å². The van der Waals surface area contributed by atoms with Crippen LogP contribution < -0.4 is 4.90 Å². The topological polar surface area (TPSA) is 38.9 Å². The lowest BCUT2D eigenvalue weighted by Gasteiger charge is -2.30. The van der Waals surface area contributed by atoms with Crippen LogP contribution in [-0.4, -0.2) is 32.4 Å². The van der Waals surface area contributed by atoms with E-state index in [1.807, 2.05) is 24.3 Å². The fraction of sp³-hybridized carbons (Fsp3) is 0.455. The van der Waals surface area contributed by atoms with Crippen LogP contribution in [0.25, 0.3) is 11.3 Å². The van der Waals surface area contributed by atoms with Crippen LogP contribution in [0.15, 0.2) is 30.7 Å². The number of hydrogen-bond donors (Lipinski definition) is 0. The van der Waals surface area contributed by atoms with Crippen molar-refractivity contribution in [1.82, 2.24) is 19.3 Å². The van der Waals surface area contributed by atoms with Gasteiger partial charge in [-0.15, -0.1) is 0 Å². The minimum absolute atomic E-state index is 0.918. The van der Waals surface area contributed by atoms with Crippen LogP contribution in [0.3, 0.4) is 0 Å². The Morgan fingerprint density at radius 3 is 2.78 bits per heavy atom. The van der Waals surface area contributed by atoms with E-state index < -0.39 is 0 Å². The van der Waals surface area contributed by atoms with Crippen molar-refractivity contribution in [2.45, 2.75) is 46.6 Å². The summed E-state index contributed by atoms with van der Waals surface area (Å²) in [5.41, 5.74) is 9.07. The second kappa shape index (κ2) is 7.22. The highest BCUT2D eigenvalue weighted by Crippen LogP contribution is 2.31. The molecule has 0 saturated heterocycles. The summed E-state index contributed by atoms with van der Waals surface area (Å²) in [6.07, 6.45) is 7.33. The van der Waals surface area contributed by atoms with Crippen molar-refractivity contribution in [2.24, 2.45) is 7.05 Å². The van der Waals surface area contributed by atoms with Gasteiger partial charge in [-0.25, -0.2) is 4.98 Å². The van der Waals surface area contributed by atoms with Gasteiger partial charge in [0.05, 0.1) is 23.9 Å². The molecule has 2 aromatic heterocycles. The first kappa shape index (κ1) is 17.8. The number of imidazole rings is 1. The Balaban J connectivity index is 1.59. The molecule has 27 heavy (non-hydrogen) atoms. The molecule has 0 saturated carbocycles. The molecular formula is C22H29N5. The average Bonchev–Trinajstić information content (AvgIpc) is 3.24. The van der Waals surface area contributed by atoms with E-state index in [9.17, 15) is 0 Å². The quantitative estimate of drug-likeness (QED) is 0.690. The van der Waals surface area contributed by atoms with Crippen molar-refractivity contribution in [3.8, 4) is 11.3 Å². The minimum atomic E-state index is 0.918. The van der Waals surface area contributed by atoms with Crippen molar-refractivity contribution in [3.05, 3.63) is 53.2 Å². The highest BCUT2D eigenvalue weighted by atomic mass is 15.3. The lowest BCUT2D eigenvalue weighted by atomic mass is 9.98. The molecule has 0 spiro atoms. The Kier molecular flexibility index (Phi) is 4.77. The number of benzene rings is 1. The van der Waals surface area contributed by atoms with Crippen LogP contribution in [0, 0.1) is 13.8 Å². The molecular weight excluding hydrogens is 334 g/mol. The summed E-state index contributed by atoms with van der Waals surface area (Å²) in [5, 5.41) is 4.54.